The van der Waals surface area contributed by atoms with Gasteiger partial charge in [-0.05, 0) is 53.7 Å². The zero-order valence-electron chi connectivity index (χ0n) is 9.34. The van der Waals surface area contributed by atoms with E-state index in [0.717, 1.165) is 17.7 Å². The van der Waals surface area contributed by atoms with Crippen LogP contribution in [0.2, 0.25) is 0 Å². The molecule has 0 aliphatic rings. The predicted molar refractivity (Wildman–Crippen MR) is 70.4 cm³/mol. The molecule has 0 saturated heterocycles. The number of nitrogens with zero attached hydrogens (tertiary/aromatic N) is 2. The van der Waals surface area contributed by atoms with Gasteiger partial charge in [0.15, 0.2) is 0 Å². The maximum absolute atomic E-state index is 10.3. The van der Waals surface area contributed by atoms with Crippen molar-refractivity contribution < 1.29 is 0 Å². The Labute approximate surface area is 99.8 Å². The first kappa shape index (κ1) is 11.2. The molecule has 0 saturated carbocycles. The smallest absolute Gasteiger partial charge is 0.108 e. The molecule has 2 rings (SSSR count). The van der Waals surface area contributed by atoms with Crippen LogP contribution in [0.15, 0.2) is 58.7 Å². The van der Waals surface area contributed by atoms with E-state index >= 15 is 0 Å². The molecule has 0 aliphatic heterocycles. The highest BCUT2D eigenvalue weighted by Crippen LogP contribution is 2.17. The largest absolute Gasteiger partial charge is 0.265 e. The lowest BCUT2D eigenvalue weighted by Crippen LogP contribution is -1.86. The highest BCUT2D eigenvalue weighted by molar-refractivity contribution is 5.47. The monoisotopic (exact) mass is 224 g/mol. The van der Waals surface area contributed by atoms with Crippen molar-refractivity contribution in [2.45, 2.75) is 6.42 Å². The summed E-state index contributed by atoms with van der Waals surface area (Å²) in [6, 6.07) is 15.2. The number of benzene rings is 2. The van der Waals surface area contributed by atoms with E-state index in [4.69, 9.17) is 0 Å². The SMILES string of the molecule is C=Nc1ccc(Cc2ccc(N=O)cc2)cc1. The van der Waals surface area contributed by atoms with Gasteiger partial charge in [-0.3, -0.25) is 4.99 Å². The fourth-order valence-electron chi connectivity index (χ4n) is 1.63. The third kappa shape index (κ3) is 2.84. The van der Waals surface area contributed by atoms with E-state index in [1.54, 1.807) is 12.1 Å². The van der Waals surface area contributed by atoms with Gasteiger partial charge in [0.05, 0.1) is 5.69 Å². The number of hydrogen-bond acceptors (Lipinski definition) is 3. The van der Waals surface area contributed by atoms with E-state index in [1.807, 2.05) is 36.4 Å². The molecule has 0 spiro atoms. The Hall–Kier alpha value is -2.29. The van der Waals surface area contributed by atoms with E-state index in [1.165, 1.54) is 5.56 Å². The van der Waals surface area contributed by atoms with Crippen LogP contribution in [0.1, 0.15) is 11.1 Å². The van der Waals surface area contributed by atoms with Crippen molar-refractivity contribution >= 4 is 18.1 Å². The molecule has 3 nitrogen and oxygen atoms in total. The van der Waals surface area contributed by atoms with Crippen molar-refractivity contribution in [2.75, 3.05) is 0 Å². The molecule has 0 bridgehead atoms. The maximum Gasteiger partial charge on any atom is 0.108 e. The average Bonchev–Trinajstić information content (AvgIpc) is 2.40. The third-order valence-corrected chi connectivity index (χ3v) is 2.57. The number of nitroso groups, excluding NO2 is 1. The zero-order chi connectivity index (χ0) is 12.1. The summed E-state index contributed by atoms with van der Waals surface area (Å²) in [7, 11) is 0. The normalized spacial score (nSPS) is 9.88. The molecular formula is C14H12N2O. The maximum atomic E-state index is 10.3. The van der Waals surface area contributed by atoms with E-state index < -0.39 is 0 Å². The van der Waals surface area contributed by atoms with Gasteiger partial charge in [-0.1, -0.05) is 24.3 Å². The zero-order valence-corrected chi connectivity index (χ0v) is 9.34. The molecule has 84 valence electrons. The van der Waals surface area contributed by atoms with Crippen LogP contribution in [0.3, 0.4) is 0 Å². The first-order chi connectivity index (χ1) is 8.31. The van der Waals surface area contributed by atoms with Gasteiger partial charge in [0.25, 0.3) is 0 Å². The van der Waals surface area contributed by atoms with Crippen LogP contribution in [0, 0.1) is 4.91 Å². The Morgan fingerprint density at radius 1 is 0.824 bits per heavy atom. The molecule has 0 aliphatic carbocycles. The van der Waals surface area contributed by atoms with Crippen molar-refractivity contribution in [1.29, 1.82) is 0 Å². The molecule has 17 heavy (non-hydrogen) atoms. The predicted octanol–water partition coefficient (Wildman–Crippen LogP) is 4.01. The summed E-state index contributed by atoms with van der Waals surface area (Å²) < 4.78 is 0. The summed E-state index contributed by atoms with van der Waals surface area (Å²) in [5.41, 5.74) is 3.68. The van der Waals surface area contributed by atoms with Gasteiger partial charge in [-0.25, -0.2) is 0 Å². The van der Waals surface area contributed by atoms with Gasteiger partial charge < -0.3 is 0 Å². The molecule has 0 unspecified atom stereocenters. The van der Waals surface area contributed by atoms with E-state index in [9.17, 15) is 4.91 Å². The number of aliphatic imine (C=N–C) groups is 1. The molecular weight excluding hydrogens is 212 g/mol. The second-order valence-electron chi connectivity index (χ2n) is 3.76. The first-order valence-corrected chi connectivity index (χ1v) is 5.30. The molecule has 0 fully saturated rings. The van der Waals surface area contributed by atoms with Crippen LogP contribution in [0.5, 0.6) is 0 Å². The standard InChI is InChI=1S/C14H12N2O/c1-15-13-6-2-11(3-7-13)10-12-4-8-14(16-17)9-5-12/h2-9H,1,10H2. The Kier molecular flexibility index (Phi) is 3.40. The van der Waals surface area contributed by atoms with Crippen molar-refractivity contribution in [2.24, 2.45) is 10.2 Å². The first-order valence-electron chi connectivity index (χ1n) is 5.30. The third-order valence-electron chi connectivity index (χ3n) is 2.57. The van der Waals surface area contributed by atoms with Gasteiger partial charge in [-0.2, -0.15) is 0 Å². The fraction of sp³-hybridized carbons (Fsp3) is 0.0714. The van der Waals surface area contributed by atoms with E-state index in [-0.39, 0.29) is 0 Å². The van der Waals surface area contributed by atoms with E-state index in [0.29, 0.717) is 5.69 Å². The minimum Gasteiger partial charge on any atom is -0.265 e. The lowest BCUT2D eigenvalue weighted by molar-refractivity contribution is 1.19. The van der Waals surface area contributed by atoms with Crippen LogP contribution in [0.25, 0.3) is 0 Å². The summed E-state index contributed by atoms with van der Waals surface area (Å²) in [5, 5.41) is 2.87. The second-order valence-corrected chi connectivity index (χ2v) is 3.76. The Morgan fingerprint density at radius 3 is 1.71 bits per heavy atom. The molecule has 3 heteroatoms. The lowest BCUT2D eigenvalue weighted by Gasteiger charge is -2.02. The minimum atomic E-state index is 0.458. The van der Waals surface area contributed by atoms with Crippen molar-refractivity contribution in [3.05, 3.63) is 64.6 Å². The summed E-state index contributed by atoms with van der Waals surface area (Å²) in [5.74, 6) is 0. The molecule has 0 aromatic heterocycles. The summed E-state index contributed by atoms with van der Waals surface area (Å²) in [6.07, 6.45) is 0.830. The number of hydrogen-bond donors (Lipinski definition) is 0. The Bertz CT molecular complexity index is 465. The fourth-order valence-corrected chi connectivity index (χ4v) is 1.63. The van der Waals surface area contributed by atoms with Gasteiger partial charge >= 0.3 is 0 Å². The molecule has 0 amide bonds. The van der Waals surface area contributed by atoms with Crippen molar-refractivity contribution in [3.8, 4) is 0 Å². The van der Waals surface area contributed by atoms with Gasteiger partial charge in [0.2, 0.25) is 0 Å². The topological polar surface area (TPSA) is 41.8 Å². The van der Waals surface area contributed by atoms with Crippen molar-refractivity contribution in [3.63, 3.8) is 0 Å². The number of rotatable bonds is 4. The molecule has 0 N–H and O–H groups in total. The van der Waals surface area contributed by atoms with Crippen LogP contribution in [-0.4, -0.2) is 6.72 Å². The summed E-state index contributed by atoms with van der Waals surface area (Å²) >= 11 is 0. The van der Waals surface area contributed by atoms with Gasteiger partial charge in [0, 0.05) is 0 Å². The minimum absolute atomic E-state index is 0.458. The van der Waals surface area contributed by atoms with Crippen LogP contribution < -0.4 is 0 Å². The molecule has 2 aromatic rings. The Morgan fingerprint density at radius 2 is 1.29 bits per heavy atom. The van der Waals surface area contributed by atoms with Crippen molar-refractivity contribution in [1.82, 2.24) is 0 Å². The quantitative estimate of drug-likeness (QED) is 0.571. The highest BCUT2D eigenvalue weighted by Gasteiger charge is 1.97. The lowest BCUT2D eigenvalue weighted by atomic mass is 10.0. The highest BCUT2D eigenvalue weighted by atomic mass is 16.3. The molecule has 2 aromatic carbocycles. The van der Waals surface area contributed by atoms with Crippen LogP contribution in [-0.2, 0) is 6.42 Å². The Balaban J connectivity index is 2.13. The second kappa shape index (κ2) is 5.16. The average molecular weight is 224 g/mol. The van der Waals surface area contributed by atoms with Crippen LogP contribution in [0.4, 0.5) is 11.4 Å². The van der Waals surface area contributed by atoms with E-state index in [2.05, 4.69) is 16.9 Å². The van der Waals surface area contributed by atoms with Gasteiger partial charge in [0.1, 0.15) is 5.69 Å². The molecule has 0 heterocycles. The molecule has 0 atom stereocenters. The summed E-state index contributed by atoms with van der Waals surface area (Å²) in [4.78, 5) is 14.1. The molecule has 0 radical (unpaired) electrons. The van der Waals surface area contributed by atoms with Crippen LogP contribution >= 0.6 is 0 Å². The van der Waals surface area contributed by atoms with Gasteiger partial charge in [-0.15, -0.1) is 4.91 Å². The summed E-state index contributed by atoms with van der Waals surface area (Å²) in [6.45, 7) is 3.47.